The molecule has 1 atom stereocenters. The number of aromatic amines is 2. The van der Waals surface area contributed by atoms with Crippen LogP contribution in [-0.2, 0) is 0 Å². The first-order valence-corrected chi connectivity index (χ1v) is 7.07. The number of nitrogens with zero attached hydrogens (tertiary/aromatic N) is 1. The van der Waals surface area contributed by atoms with Gasteiger partial charge in [-0.3, -0.25) is 14.8 Å². The lowest BCUT2D eigenvalue weighted by Crippen LogP contribution is -2.33. The lowest BCUT2D eigenvalue weighted by Gasteiger charge is -2.25. The zero-order valence-electron chi connectivity index (χ0n) is 11.3. The Bertz CT molecular complexity index is 1000. The highest BCUT2D eigenvalue weighted by atomic mass is 35.5. The predicted molar refractivity (Wildman–Crippen MR) is 83.4 cm³/mol. The summed E-state index contributed by atoms with van der Waals surface area (Å²) in [7, 11) is 0. The third-order valence-electron chi connectivity index (χ3n) is 3.39. The highest BCUT2D eigenvalue weighted by Gasteiger charge is 2.35. The predicted octanol–water partition coefficient (Wildman–Crippen LogP) is 1.59. The highest BCUT2D eigenvalue weighted by Crippen LogP contribution is 2.41. The zero-order valence-corrected chi connectivity index (χ0v) is 12.8. The van der Waals surface area contributed by atoms with Crippen molar-refractivity contribution in [2.75, 3.05) is 0 Å². The van der Waals surface area contributed by atoms with Crippen molar-refractivity contribution in [2.24, 2.45) is 5.73 Å². The zero-order chi connectivity index (χ0) is 16.7. The van der Waals surface area contributed by atoms with Crippen molar-refractivity contribution in [3.63, 3.8) is 0 Å². The minimum absolute atomic E-state index is 0.0132. The molecular formula is C14H8Cl2N4O3. The molecule has 0 saturated heterocycles. The van der Waals surface area contributed by atoms with Crippen molar-refractivity contribution >= 4 is 23.2 Å². The molecule has 0 aliphatic carbocycles. The van der Waals surface area contributed by atoms with Crippen LogP contribution < -0.4 is 21.7 Å². The largest absolute Gasteiger partial charge is 0.424 e. The first-order chi connectivity index (χ1) is 10.9. The number of aromatic nitrogens is 2. The van der Waals surface area contributed by atoms with Gasteiger partial charge >= 0.3 is 5.69 Å². The standard InChI is InChI=1S/C14H8Cl2N4O3/c15-5-1-2-6(8(16)3-5)9-7(4-17)11(18)23-13-10(9)12(21)19-14(22)20-13/h1-3,9H,18H2,(H2,19,20,21,22). The number of halogens is 2. The quantitative estimate of drug-likeness (QED) is 0.720. The molecule has 23 heavy (non-hydrogen) atoms. The fourth-order valence-electron chi connectivity index (χ4n) is 2.44. The smallest absolute Gasteiger partial charge is 0.328 e. The molecule has 7 nitrogen and oxygen atoms in total. The molecule has 0 fully saturated rings. The van der Waals surface area contributed by atoms with Gasteiger partial charge in [0.05, 0.1) is 11.5 Å². The van der Waals surface area contributed by atoms with E-state index >= 15 is 0 Å². The molecule has 0 saturated carbocycles. The van der Waals surface area contributed by atoms with Gasteiger partial charge in [0.25, 0.3) is 5.56 Å². The van der Waals surface area contributed by atoms with Crippen LogP contribution in [0.5, 0.6) is 5.88 Å². The second-order valence-electron chi connectivity index (χ2n) is 4.74. The van der Waals surface area contributed by atoms with E-state index in [2.05, 4.69) is 9.97 Å². The van der Waals surface area contributed by atoms with E-state index in [1.165, 1.54) is 6.07 Å². The minimum Gasteiger partial charge on any atom is -0.424 e. The second kappa shape index (κ2) is 5.50. The Hall–Kier alpha value is -2.69. The van der Waals surface area contributed by atoms with Gasteiger partial charge in [0.1, 0.15) is 11.6 Å². The van der Waals surface area contributed by atoms with Gasteiger partial charge in [0, 0.05) is 10.0 Å². The van der Waals surface area contributed by atoms with Crippen molar-refractivity contribution in [1.29, 1.82) is 5.26 Å². The number of allylic oxidation sites excluding steroid dienone is 1. The highest BCUT2D eigenvalue weighted by molar-refractivity contribution is 6.35. The lowest BCUT2D eigenvalue weighted by atomic mass is 9.85. The Morgan fingerprint density at radius 2 is 2.00 bits per heavy atom. The van der Waals surface area contributed by atoms with E-state index in [0.717, 1.165) is 0 Å². The average Bonchev–Trinajstić information content (AvgIpc) is 2.45. The molecule has 4 N–H and O–H groups in total. The fraction of sp³-hybridized carbons (Fsp3) is 0.0714. The molecule has 0 bridgehead atoms. The van der Waals surface area contributed by atoms with Crippen LogP contribution in [0, 0.1) is 11.3 Å². The number of rotatable bonds is 1. The van der Waals surface area contributed by atoms with E-state index in [9.17, 15) is 14.9 Å². The molecule has 2 heterocycles. The normalized spacial score (nSPS) is 16.5. The maximum absolute atomic E-state index is 12.2. The van der Waals surface area contributed by atoms with Gasteiger partial charge in [0.15, 0.2) is 0 Å². The Balaban J connectivity index is 2.36. The molecule has 2 aromatic rings. The molecule has 1 aliphatic rings. The molecule has 116 valence electrons. The monoisotopic (exact) mass is 350 g/mol. The van der Waals surface area contributed by atoms with Gasteiger partial charge in [0.2, 0.25) is 11.8 Å². The van der Waals surface area contributed by atoms with Crippen molar-refractivity contribution in [3.8, 4) is 11.9 Å². The maximum Gasteiger partial charge on any atom is 0.328 e. The molecule has 0 radical (unpaired) electrons. The first kappa shape index (κ1) is 15.2. The van der Waals surface area contributed by atoms with Crippen LogP contribution in [0.15, 0.2) is 39.2 Å². The molecule has 0 amide bonds. The molecule has 1 aromatic carbocycles. The Kier molecular flexibility index (Phi) is 3.64. The van der Waals surface area contributed by atoms with E-state index in [0.29, 0.717) is 10.6 Å². The lowest BCUT2D eigenvalue weighted by molar-refractivity contribution is 0.373. The Morgan fingerprint density at radius 1 is 1.26 bits per heavy atom. The van der Waals surface area contributed by atoms with Crippen LogP contribution in [0.2, 0.25) is 10.0 Å². The number of nitrogens with two attached hydrogens (primary N) is 1. The van der Waals surface area contributed by atoms with Crippen LogP contribution in [0.1, 0.15) is 17.0 Å². The number of nitriles is 1. The van der Waals surface area contributed by atoms with Gasteiger partial charge < -0.3 is 10.5 Å². The van der Waals surface area contributed by atoms with Gasteiger partial charge in [-0.2, -0.15) is 5.26 Å². The molecular weight excluding hydrogens is 343 g/mol. The van der Waals surface area contributed by atoms with Crippen LogP contribution in [0.3, 0.4) is 0 Å². The van der Waals surface area contributed by atoms with Crippen molar-refractivity contribution in [2.45, 2.75) is 5.92 Å². The summed E-state index contributed by atoms with van der Waals surface area (Å²) >= 11 is 12.1. The van der Waals surface area contributed by atoms with Crippen molar-refractivity contribution in [3.05, 3.63) is 71.7 Å². The first-order valence-electron chi connectivity index (χ1n) is 6.31. The summed E-state index contributed by atoms with van der Waals surface area (Å²) in [5.74, 6) is -1.21. The summed E-state index contributed by atoms with van der Waals surface area (Å²) in [5, 5.41) is 10.0. The summed E-state index contributed by atoms with van der Waals surface area (Å²) in [5.41, 5.74) is 4.80. The summed E-state index contributed by atoms with van der Waals surface area (Å²) in [6.07, 6.45) is 0. The van der Waals surface area contributed by atoms with E-state index < -0.39 is 17.2 Å². The number of benzene rings is 1. The summed E-state index contributed by atoms with van der Waals surface area (Å²) < 4.78 is 5.20. The number of nitrogens with one attached hydrogen (secondary N) is 2. The van der Waals surface area contributed by atoms with Crippen LogP contribution >= 0.6 is 23.2 Å². The molecule has 9 heteroatoms. The van der Waals surface area contributed by atoms with Crippen LogP contribution in [0.25, 0.3) is 0 Å². The number of hydrogen-bond acceptors (Lipinski definition) is 5. The fourth-order valence-corrected chi connectivity index (χ4v) is 2.95. The van der Waals surface area contributed by atoms with Crippen molar-refractivity contribution < 1.29 is 4.74 Å². The number of H-pyrrole nitrogens is 2. The second-order valence-corrected chi connectivity index (χ2v) is 5.59. The average molecular weight is 351 g/mol. The SMILES string of the molecule is N#CC1=C(N)Oc2[nH]c(=O)[nH]c(=O)c2C1c1ccc(Cl)cc1Cl. The van der Waals surface area contributed by atoms with Crippen LogP contribution in [0.4, 0.5) is 0 Å². The molecule has 0 spiro atoms. The van der Waals surface area contributed by atoms with Gasteiger partial charge in [-0.15, -0.1) is 0 Å². The summed E-state index contributed by atoms with van der Waals surface area (Å²) in [6, 6.07) is 6.56. The Labute approximate surface area is 138 Å². The molecule has 3 rings (SSSR count). The van der Waals surface area contributed by atoms with E-state index in [4.69, 9.17) is 33.7 Å². The molecule has 1 unspecified atom stereocenters. The molecule has 1 aliphatic heterocycles. The van der Waals surface area contributed by atoms with Gasteiger partial charge in [-0.05, 0) is 17.7 Å². The third-order valence-corrected chi connectivity index (χ3v) is 3.95. The van der Waals surface area contributed by atoms with Crippen LogP contribution in [-0.4, -0.2) is 9.97 Å². The maximum atomic E-state index is 12.2. The van der Waals surface area contributed by atoms with E-state index in [1.54, 1.807) is 12.1 Å². The number of ether oxygens (including phenoxy) is 1. The van der Waals surface area contributed by atoms with Gasteiger partial charge in [-0.25, -0.2) is 4.79 Å². The topological polar surface area (TPSA) is 125 Å². The Morgan fingerprint density at radius 3 is 2.65 bits per heavy atom. The summed E-state index contributed by atoms with van der Waals surface area (Å²) in [6.45, 7) is 0. The minimum atomic E-state index is -0.880. The summed E-state index contributed by atoms with van der Waals surface area (Å²) in [4.78, 5) is 28.1. The van der Waals surface area contributed by atoms with Gasteiger partial charge in [-0.1, -0.05) is 29.3 Å². The molecule has 1 aromatic heterocycles. The van der Waals surface area contributed by atoms with E-state index in [-0.39, 0.29) is 27.9 Å². The number of fused-ring (bicyclic) bond motifs is 1. The van der Waals surface area contributed by atoms with Crippen molar-refractivity contribution in [1.82, 2.24) is 9.97 Å². The third kappa shape index (κ3) is 2.48. The number of hydrogen-bond donors (Lipinski definition) is 3. The van der Waals surface area contributed by atoms with E-state index in [1.807, 2.05) is 6.07 Å².